The van der Waals surface area contributed by atoms with Crippen molar-refractivity contribution in [3.05, 3.63) is 65.2 Å². The molecule has 0 atom stereocenters. The lowest BCUT2D eigenvalue weighted by atomic mass is 10.1. The van der Waals surface area contributed by atoms with Crippen molar-refractivity contribution in [2.24, 2.45) is 0 Å². The fourth-order valence-corrected chi connectivity index (χ4v) is 2.10. The van der Waals surface area contributed by atoms with Gasteiger partial charge in [0.1, 0.15) is 17.9 Å². The average Bonchev–Trinajstić information content (AvgIpc) is 2.53. The van der Waals surface area contributed by atoms with E-state index in [9.17, 15) is 9.59 Å². The van der Waals surface area contributed by atoms with Crippen molar-refractivity contribution in [1.29, 1.82) is 0 Å². The highest BCUT2D eigenvalue weighted by Crippen LogP contribution is 2.22. The van der Waals surface area contributed by atoms with Crippen LogP contribution in [0.1, 0.15) is 28.4 Å². The lowest BCUT2D eigenvalue weighted by Gasteiger charge is -2.11. The Balaban J connectivity index is 2.13. The van der Waals surface area contributed by atoms with E-state index in [1.807, 2.05) is 30.3 Å². The van der Waals surface area contributed by atoms with Crippen LogP contribution < -0.4 is 4.74 Å². The second-order valence-electron chi connectivity index (χ2n) is 4.90. The van der Waals surface area contributed by atoms with Gasteiger partial charge in [0, 0.05) is 0 Å². The van der Waals surface area contributed by atoms with Gasteiger partial charge in [-0.3, -0.25) is 4.79 Å². The summed E-state index contributed by atoms with van der Waals surface area (Å²) in [5, 5.41) is 8.84. The number of benzene rings is 2. The number of carbonyl (C=O) groups excluding carboxylic acids is 1. The predicted octanol–water partition coefficient (Wildman–Crippen LogP) is 3.07. The van der Waals surface area contributed by atoms with E-state index in [4.69, 9.17) is 14.6 Å². The Bertz CT molecular complexity index is 679. The third-order valence-corrected chi connectivity index (χ3v) is 3.13. The normalized spacial score (nSPS) is 10.1. The van der Waals surface area contributed by atoms with Gasteiger partial charge in [-0.25, -0.2) is 4.79 Å². The number of carboxylic acid groups (broad SMARTS) is 1. The zero-order valence-electron chi connectivity index (χ0n) is 12.8. The smallest absolute Gasteiger partial charge is 0.342 e. The molecule has 0 aliphatic carbocycles. The zero-order chi connectivity index (χ0) is 16.7. The molecule has 0 aliphatic heterocycles. The maximum Gasteiger partial charge on any atom is 0.342 e. The largest absolute Gasteiger partial charge is 0.493 e. The average molecular weight is 314 g/mol. The molecule has 0 bridgehead atoms. The molecule has 120 valence electrons. The van der Waals surface area contributed by atoms with Gasteiger partial charge in [-0.2, -0.15) is 0 Å². The topological polar surface area (TPSA) is 72.8 Å². The first kappa shape index (κ1) is 16.5. The first-order valence-corrected chi connectivity index (χ1v) is 7.28. The number of carboxylic acids is 1. The highest BCUT2D eigenvalue weighted by molar-refractivity contribution is 5.92. The number of hydrogen-bond acceptors (Lipinski definition) is 4. The molecule has 0 amide bonds. The van der Waals surface area contributed by atoms with E-state index in [0.29, 0.717) is 17.9 Å². The van der Waals surface area contributed by atoms with Gasteiger partial charge < -0.3 is 14.6 Å². The van der Waals surface area contributed by atoms with Crippen molar-refractivity contribution in [3.63, 3.8) is 0 Å². The molecule has 0 aliphatic rings. The summed E-state index contributed by atoms with van der Waals surface area (Å²) >= 11 is 0. The Morgan fingerprint density at radius 3 is 2.43 bits per heavy atom. The van der Waals surface area contributed by atoms with Gasteiger partial charge in [0.2, 0.25) is 0 Å². The summed E-state index contributed by atoms with van der Waals surface area (Å²) in [4.78, 5) is 23.0. The van der Waals surface area contributed by atoms with Crippen LogP contribution in [0.3, 0.4) is 0 Å². The van der Waals surface area contributed by atoms with Crippen LogP contribution in [0, 0.1) is 0 Å². The zero-order valence-corrected chi connectivity index (χ0v) is 12.8. The second-order valence-corrected chi connectivity index (χ2v) is 4.90. The van der Waals surface area contributed by atoms with Crippen LogP contribution in [0.5, 0.6) is 5.75 Å². The molecule has 0 heterocycles. The molecule has 0 spiro atoms. The number of ether oxygens (including phenoxy) is 2. The third-order valence-electron chi connectivity index (χ3n) is 3.13. The Morgan fingerprint density at radius 2 is 1.78 bits per heavy atom. The molecule has 2 rings (SSSR count). The molecule has 2 aromatic rings. The van der Waals surface area contributed by atoms with E-state index >= 15 is 0 Å². The Kier molecular flexibility index (Phi) is 5.74. The van der Waals surface area contributed by atoms with Crippen molar-refractivity contribution in [1.82, 2.24) is 0 Å². The molecule has 0 unspecified atom stereocenters. The molecule has 0 fully saturated rings. The van der Waals surface area contributed by atoms with Crippen LogP contribution in [-0.4, -0.2) is 23.7 Å². The van der Waals surface area contributed by atoms with Crippen molar-refractivity contribution in [2.45, 2.75) is 20.0 Å². The highest BCUT2D eigenvalue weighted by atomic mass is 16.5. The molecule has 0 saturated heterocycles. The van der Waals surface area contributed by atoms with E-state index in [2.05, 4.69) is 0 Å². The van der Waals surface area contributed by atoms with E-state index < -0.39 is 11.9 Å². The summed E-state index contributed by atoms with van der Waals surface area (Å²) < 4.78 is 10.7. The molecular weight excluding hydrogens is 296 g/mol. The summed E-state index contributed by atoms with van der Waals surface area (Å²) in [7, 11) is 0. The summed E-state index contributed by atoms with van der Waals surface area (Å²) in [6, 6.07) is 14.1. The minimum Gasteiger partial charge on any atom is -0.493 e. The number of aliphatic carboxylic acids is 1. The Labute approximate surface area is 134 Å². The van der Waals surface area contributed by atoms with Gasteiger partial charge in [0.05, 0.1) is 13.0 Å². The van der Waals surface area contributed by atoms with E-state index in [0.717, 1.165) is 5.56 Å². The number of esters is 1. The molecule has 1 N–H and O–H groups in total. The molecular formula is C18H18O5. The summed E-state index contributed by atoms with van der Waals surface area (Å²) in [5.41, 5.74) is 1.75. The van der Waals surface area contributed by atoms with Gasteiger partial charge in [-0.05, 0) is 30.2 Å². The number of rotatable bonds is 7. The second kappa shape index (κ2) is 7.98. The van der Waals surface area contributed by atoms with Crippen LogP contribution in [0.2, 0.25) is 0 Å². The summed E-state index contributed by atoms with van der Waals surface area (Å²) in [5.74, 6) is -1.10. The standard InChI is InChI=1S/C18H18O5/c1-2-22-16-10-14(11-17(19)20)8-9-15(16)18(21)23-12-13-6-4-3-5-7-13/h3-10H,2,11-12H2,1H3,(H,19,20). The van der Waals surface area contributed by atoms with E-state index in [1.54, 1.807) is 19.1 Å². The maximum absolute atomic E-state index is 12.2. The maximum atomic E-state index is 12.2. The van der Waals surface area contributed by atoms with Crippen LogP contribution in [0.25, 0.3) is 0 Å². The molecule has 5 heteroatoms. The van der Waals surface area contributed by atoms with Gasteiger partial charge in [0.25, 0.3) is 0 Å². The lowest BCUT2D eigenvalue weighted by Crippen LogP contribution is -2.09. The first-order chi connectivity index (χ1) is 11.1. The Morgan fingerprint density at radius 1 is 1.04 bits per heavy atom. The monoisotopic (exact) mass is 314 g/mol. The van der Waals surface area contributed by atoms with E-state index in [1.165, 1.54) is 6.07 Å². The fraction of sp³-hybridized carbons (Fsp3) is 0.222. The van der Waals surface area contributed by atoms with Crippen molar-refractivity contribution in [2.75, 3.05) is 6.61 Å². The van der Waals surface area contributed by atoms with Gasteiger partial charge in [-0.1, -0.05) is 36.4 Å². The van der Waals surface area contributed by atoms with Crippen molar-refractivity contribution in [3.8, 4) is 5.75 Å². The molecule has 23 heavy (non-hydrogen) atoms. The highest BCUT2D eigenvalue weighted by Gasteiger charge is 2.15. The minimum atomic E-state index is -0.938. The number of hydrogen-bond donors (Lipinski definition) is 1. The van der Waals surface area contributed by atoms with Gasteiger partial charge in [-0.15, -0.1) is 0 Å². The molecule has 5 nitrogen and oxygen atoms in total. The summed E-state index contributed by atoms with van der Waals surface area (Å²) in [6.45, 7) is 2.33. The lowest BCUT2D eigenvalue weighted by molar-refractivity contribution is -0.136. The SMILES string of the molecule is CCOc1cc(CC(=O)O)ccc1C(=O)OCc1ccccc1. The van der Waals surface area contributed by atoms with Crippen LogP contribution in [-0.2, 0) is 22.6 Å². The summed E-state index contributed by atoms with van der Waals surface area (Å²) in [6.07, 6.45) is -0.126. The predicted molar refractivity (Wildman–Crippen MR) is 84.5 cm³/mol. The molecule has 0 saturated carbocycles. The van der Waals surface area contributed by atoms with E-state index in [-0.39, 0.29) is 18.6 Å². The van der Waals surface area contributed by atoms with Crippen molar-refractivity contribution >= 4 is 11.9 Å². The van der Waals surface area contributed by atoms with Gasteiger partial charge in [0.15, 0.2) is 0 Å². The van der Waals surface area contributed by atoms with Crippen LogP contribution >= 0.6 is 0 Å². The van der Waals surface area contributed by atoms with Gasteiger partial charge >= 0.3 is 11.9 Å². The molecule has 0 radical (unpaired) electrons. The fourth-order valence-electron chi connectivity index (χ4n) is 2.10. The first-order valence-electron chi connectivity index (χ1n) is 7.28. The van der Waals surface area contributed by atoms with Crippen LogP contribution in [0.15, 0.2) is 48.5 Å². The van der Waals surface area contributed by atoms with Crippen LogP contribution in [0.4, 0.5) is 0 Å². The molecule has 2 aromatic carbocycles. The quantitative estimate of drug-likeness (QED) is 0.795. The minimum absolute atomic E-state index is 0.126. The van der Waals surface area contributed by atoms with Crippen molar-refractivity contribution < 1.29 is 24.2 Å². The molecule has 0 aromatic heterocycles. The third kappa shape index (κ3) is 4.85. The Hall–Kier alpha value is -2.82. The number of carbonyl (C=O) groups is 2.